The smallest absolute Gasteiger partial charge is 0.118 e. The minimum atomic E-state index is 0.134. The normalized spacial score (nSPS) is 20.1. The fourth-order valence-corrected chi connectivity index (χ4v) is 2.69. The number of ether oxygens (including phenoxy) is 1. The van der Waals surface area contributed by atoms with Crippen molar-refractivity contribution in [2.45, 2.75) is 52.2 Å². The zero-order chi connectivity index (χ0) is 15.3. The van der Waals surface area contributed by atoms with Crippen molar-refractivity contribution in [3.63, 3.8) is 0 Å². The second-order valence-electron chi connectivity index (χ2n) is 7.30. The van der Waals surface area contributed by atoms with Crippen LogP contribution in [0.2, 0.25) is 0 Å². The Morgan fingerprint density at radius 2 is 2.19 bits per heavy atom. The summed E-state index contributed by atoms with van der Waals surface area (Å²) in [7, 11) is 2.16. The van der Waals surface area contributed by atoms with Gasteiger partial charge in [0.2, 0.25) is 0 Å². The molecule has 1 aliphatic rings. The molecule has 1 saturated heterocycles. The first-order valence-corrected chi connectivity index (χ1v) is 8.00. The third-order valence-electron chi connectivity index (χ3n) is 3.78. The van der Waals surface area contributed by atoms with Gasteiger partial charge in [0.1, 0.15) is 5.76 Å². The van der Waals surface area contributed by atoms with E-state index in [1.807, 2.05) is 6.26 Å². The van der Waals surface area contributed by atoms with Crippen LogP contribution in [0.4, 0.5) is 0 Å². The van der Waals surface area contributed by atoms with Gasteiger partial charge in [0.15, 0.2) is 0 Å². The molecule has 120 valence electrons. The predicted octanol–water partition coefficient (Wildman–Crippen LogP) is 3.03. The molecular formula is C17H30N2O2. The van der Waals surface area contributed by atoms with Gasteiger partial charge in [0.05, 0.1) is 19.4 Å². The molecule has 4 heteroatoms. The van der Waals surface area contributed by atoms with Crippen LogP contribution in [0, 0.1) is 5.92 Å². The summed E-state index contributed by atoms with van der Waals surface area (Å²) in [5.74, 6) is 1.71. The molecule has 0 bridgehead atoms. The fourth-order valence-electron chi connectivity index (χ4n) is 2.69. The first kappa shape index (κ1) is 16.5. The van der Waals surface area contributed by atoms with Crippen LogP contribution in [0.15, 0.2) is 16.7 Å². The van der Waals surface area contributed by atoms with Crippen molar-refractivity contribution in [3.05, 3.63) is 23.7 Å². The van der Waals surface area contributed by atoms with Crippen LogP contribution >= 0.6 is 0 Å². The lowest BCUT2D eigenvalue weighted by Crippen LogP contribution is -2.34. The Hall–Kier alpha value is -0.840. The molecule has 0 aliphatic carbocycles. The molecule has 1 aromatic heterocycles. The van der Waals surface area contributed by atoms with Gasteiger partial charge in [0, 0.05) is 30.8 Å². The standard InChI is InChI=1S/C17H30N2O2/c1-17(2,3)18-9-15-8-16(21-13-15)11-19(4)10-14-6-5-7-20-12-14/h8,13-14,18H,5-7,9-12H2,1-4H3. The number of nitrogens with one attached hydrogen (secondary N) is 1. The lowest BCUT2D eigenvalue weighted by Gasteiger charge is -2.26. The highest BCUT2D eigenvalue weighted by molar-refractivity contribution is 5.13. The van der Waals surface area contributed by atoms with E-state index in [0.717, 1.165) is 38.6 Å². The van der Waals surface area contributed by atoms with Gasteiger partial charge >= 0.3 is 0 Å². The molecule has 0 aromatic carbocycles. The summed E-state index contributed by atoms with van der Waals surface area (Å²) < 4.78 is 11.2. The molecule has 2 heterocycles. The minimum Gasteiger partial charge on any atom is -0.468 e. The van der Waals surface area contributed by atoms with E-state index >= 15 is 0 Å². The topological polar surface area (TPSA) is 37.6 Å². The van der Waals surface area contributed by atoms with Gasteiger partial charge < -0.3 is 14.5 Å². The van der Waals surface area contributed by atoms with Crippen molar-refractivity contribution in [1.29, 1.82) is 0 Å². The molecule has 1 N–H and O–H groups in total. The van der Waals surface area contributed by atoms with E-state index in [2.05, 4.69) is 44.1 Å². The second kappa shape index (κ2) is 7.43. The van der Waals surface area contributed by atoms with Crippen LogP contribution in [0.25, 0.3) is 0 Å². The molecule has 1 aromatic rings. The largest absolute Gasteiger partial charge is 0.468 e. The minimum absolute atomic E-state index is 0.134. The summed E-state index contributed by atoms with van der Waals surface area (Å²) in [5.41, 5.74) is 1.35. The summed E-state index contributed by atoms with van der Waals surface area (Å²) in [6, 6.07) is 2.16. The maximum absolute atomic E-state index is 5.68. The van der Waals surface area contributed by atoms with E-state index < -0.39 is 0 Å². The number of rotatable bonds is 6. The van der Waals surface area contributed by atoms with E-state index in [4.69, 9.17) is 9.15 Å². The Morgan fingerprint density at radius 1 is 1.38 bits per heavy atom. The highest BCUT2D eigenvalue weighted by atomic mass is 16.5. The SMILES string of the molecule is CN(Cc1cc(CNC(C)(C)C)co1)CC1CCCOC1. The van der Waals surface area contributed by atoms with E-state index in [1.165, 1.54) is 18.4 Å². The zero-order valence-electron chi connectivity index (χ0n) is 13.9. The van der Waals surface area contributed by atoms with Crippen molar-refractivity contribution >= 4 is 0 Å². The highest BCUT2D eigenvalue weighted by Gasteiger charge is 2.17. The van der Waals surface area contributed by atoms with Gasteiger partial charge in [-0.05, 0) is 52.6 Å². The van der Waals surface area contributed by atoms with Crippen molar-refractivity contribution in [3.8, 4) is 0 Å². The molecule has 0 radical (unpaired) electrons. The Labute approximate surface area is 128 Å². The first-order chi connectivity index (χ1) is 9.92. The number of furan rings is 1. The number of hydrogen-bond donors (Lipinski definition) is 1. The molecule has 21 heavy (non-hydrogen) atoms. The first-order valence-electron chi connectivity index (χ1n) is 8.00. The van der Waals surface area contributed by atoms with Crippen LogP contribution in [-0.4, -0.2) is 37.2 Å². The van der Waals surface area contributed by atoms with E-state index in [0.29, 0.717) is 5.92 Å². The van der Waals surface area contributed by atoms with Crippen molar-refractivity contribution < 1.29 is 9.15 Å². The quantitative estimate of drug-likeness (QED) is 0.875. The molecule has 0 spiro atoms. The van der Waals surface area contributed by atoms with E-state index in [9.17, 15) is 0 Å². The Kier molecular flexibility index (Phi) is 5.85. The van der Waals surface area contributed by atoms with Crippen LogP contribution in [-0.2, 0) is 17.8 Å². The van der Waals surface area contributed by atoms with Crippen LogP contribution < -0.4 is 5.32 Å². The fraction of sp³-hybridized carbons (Fsp3) is 0.765. The van der Waals surface area contributed by atoms with Crippen molar-refractivity contribution in [1.82, 2.24) is 10.2 Å². The molecule has 1 atom stereocenters. The predicted molar refractivity (Wildman–Crippen MR) is 85.2 cm³/mol. The molecule has 1 aliphatic heterocycles. The Morgan fingerprint density at radius 3 is 2.86 bits per heavy atom. The lowest BCUT2D eigenvalue weighted by atomic mass is 10.0. The van der Waals surface area contributed by atoms with E-state index in [-0.39, 0.29) is 5.54 Å². The monoisotopic (exact) mass is 294 g/mol. The number of hydrogen-bond acceptors (Lipinski definition) is 4. The summed E-state index contributed by atoms with van der Waals surface area (Å²) in [5, 5.41) is 3.48. The molecule has 2 rings (SSSR count). The van der Waals surface area contributed by atoms with Gasteiger partial charge in [-0.2, -0.15) is 0 Å². The summed E-state index contributed by atoms with van der Waals surface area (Å²) in [6.07, 6.45) is 4.34. The molecule has 0 saturated carbocycles. The molecule has 4 nitrogen and oxygen atoms in total. The van der Waals surface area contributed by atoms with Crippen molar-refractivity contribution in [2.24, 2.45) is 5.92 Å². The summed E-state index contributed by atoms with van der Waals surface area (Å²) >= 11 is 0. The molecular weight excluding hydrogens is 264 g/mol. The average molecular weight is 294 g/mol. The van der Waals surface area contributed by atoms with Gasteiger partial charge in [-0.15, -0.1) is 0 Å². The second-order valence-corrected chi connectivity index (χ2v) is 7.30. The van der Waals surface area contributed by atoms with Gasteiger partial charge in [-0.1, -0.05) is 0 Å². The van der Waals surface area contributed by atoms with Crippen LogP contribution in [0.5, 0.6) is 0 Å². The third kappa shape index (κ3) is 6.20. The highest BCUT2D eigenvalue weighted by Crippen LogP contribution is 2.16. The van der Waals surface area contributed by atoms with Crippen LogP contribution in [0.3, 0.4) is 0 Å². The van der Waals surface area contributed by atoms with Gasteiger partial charge in [0.25, 0.3) is 0 Å². The van der Waals surface area contributed by atoms with E-state index in [1.54, 1.807) is 0 Å². The summed E-state index contributed by atoms with van der Waals surface area (Å²) in [6.45, 7) is 11.2. The zero-order valence-corrected chi connectivity index (χ0v) is 13.9. The van der Waals surface area contributed by atoms with Gasteiger partial charge in [-0.25, -0.2) is 0 Å². The third-order valence-corrected chi connectivity index (χ3v) is 3.78. The number of nitrogens with zero attached hydrogens (tertiary/aromatic N) is 1. The molecule has 1 unspecified atom stereocenters. The van der Waals surface area contributed by atoms with Gasteiger partial charge in [-0.3, -0.25) is 4.90 Å². The summed E-state index contributed by atoms with van der Waals surface area (Å²) in [4.78, 5) is 2.33. The Balaban J connectivity index is 1.75. The van der Waals surface area contributed by atoms with Crippen LogP contribution in [0.1, 0.15) is 44.9 Å². The lowest BCUT2D eigenvalue weighted by molar-refractivity contribution is 0.0404. The molecule has 1 fully saturated rings. The van der Waals surface area contributed by atoms with Crippen molar-refractivity contribution in [2.75, 3.05) is 26.8 Å². The maximum atomic E-state index is 5.68. The maximum Gasteiger partial charge on any atom is 0.118 e. The Bertz CT molecular complexity index is 417. The molecule has 0 amide bonds. The average Bonchev–Trinajstić information content (AvgIpc) is 2.84.